The normalized spacial score (nSPS) is 20.9. The first-order chi connectivity index (χ1) is 9.11. The van der Waals surface area contributed by atoms with E-state index in [0.29, 0.717) is 13.2 Å². The molecule has 0 unspecified atom stereocenters. The zero-order valence-corrected chi connectivity index (χ0v) is 10.8. The van der Waals surface area contributed by atoms with Crippen LogP contribution < -0.4 is 5.32 Å². The molecule has 0 saturated heterocycles. The highest BCUT2D eigenvalue weighted by atomic mass is 16.5. The van der Waals surface area contributed by atoms with Gasteiger partial charge in [0.2, 0.25) is 5.91 Å². The minimum absolute atomic E-state index is 0.0285. The zero-order valence-electron chi connectivity index (χ0n) is 10.8. The lowest BCUT2D eigenvalue weighted by Gasteiger charge is -2.06. The number of carbonyl (C=O) groups excluding carboxylic acids is 1. The summed E-state index contributed by atoms with van der Waals surface area (Å²) in [7, 11) is 0. The van der Waals surface area contributed by atoms with Crippen LogP contribution in [0.15, 0.2) is 24.3 Å². The fraction of sp³-hybridized carbons (Fsp3) is 0.429. The molecule has 1 fully saturated rings. The molecule has 2 atom stereocenters. The van der Waals surface area contributed by atoms with Crippen molar-refractivity contribution in [1.29, 1.82) is 0 Å². The van der Waals surface area contributed by atoms with Crippen LogP contribution in [-0.4, -0.2) is 29.7 Å². The van der Waals surface area contributed by atoms with Crippen molar-refractivity contribution in [3.05, 3.63) is 35.4 Å². The van der Waals surface area contributed by atoms with Gasteiger partial charge in [0.15, 0.2) is 0 Å². The van der Waals surface area contributed by atoms with Crippen molar-refractivity contribution in [2.45, 2.75) is 26.0 Å². The van der Waals surface area contributed by atoms with Crippen LogP contribution in [0.4, 0.5) is 0 Å². The SMILES string of the molecule is CCO[C@@H]1C[C@H]1C(=O)NCc1cccc(C(=O)O)c1. The summed E-state index contributed by atoms with van der Waals surface area (Å²) in [5.41, 5.74) is 1.01. The third-order valence-electron chi connectivity index (χ3n) is 3.09. The lowest BCUT2D eigenvalue weighted by Crippen LogP contribution is -2.26. The Labute approximate surface area is 111 Å². The van der Waals surface area contributed by atoms with E-state index < -0.39 is 5.97 Å². The lowest BCUT2D eigenvalue weighted by molar-refractivity contribution is -0.123. The highest BCUT2D eigenvalue weighted by Gasteiger charge is 2.43. The molecule has 0 aromatic heterocycles. The number of carboxylic acid groups (broad SMARTS) is 1. The van der Waals surface area contributed by atoms with Gasteiger partial charge in [-0.3, -0.25) is 4.79 Å². The van der Waals surface area contributed by atoms with Gasteiger partial charge in [0, 0.05) is 13.2 Å². The van der Waals surface area contributed by atoms with Crippen molar-refractivity contribution in [2.24, 2.45) is 5.92 Å². The summed E-state index contributed by atoms with van der Waals surface area (Å²) in [5.74, 6) is -1.05. The van der Waals surface area contributed by atoms with E-state index in [9.17, 15) is 9.59 Å². The Bertz CT molecular complexity index is 486. The van der Waals surface area contributed by atoms with E-state index in [1.54, 1.807) is 18.2 Å². The second-order valence-electron chi connectivity index (χ2n) is 4.56. The number of rotatable bonds is 6. The van der Waals surface area contributed by atoms with Crippen LogP contribution in [0, 0.1) is 5.92 Å². The molecular formula is C14H17NO4. The number of carboxylic acids is 1. The van der Waals surface area contributed by atoms with Crippen LogP contribution >= 0.6 is 0 Å². The fourth-order valence-corrected chi connectivity index (χ4v) is 1.98. The molecule has 1 aromatic carbocycles. The maximum absolute atomic E-state index is 11.8. The van der Waals surface area contributed by atoms with Crippen molar-refractivity contribution in [2.75, 3.05) is 6.61 Å². The number of ether oxygens (including phenoxy) is 1. The molecule has 1 amide bonds. The summed E-state index contributed by atoms with van der Waals surface area (Å²) < 4.78 is 5.35. The molecule has 102 valence electrons. The predicted octanol–water partition coefficient (Wildman–Crippen LogP) is 1.43. The van der Waals surface area contributed by atoms with Crippen molar-refractivity contribution in [1.82, 2.24) is 5.32 Å². The molecule has 5 nitrogen and oxygen atoms in total. The molecule has 0 radical (unpaired) electrons. The Morgan fingerprint density at radius 1 is 1.47 bits per heavy atom. The van der Waals surface area contributed by atoms with Gasteiger partial charge in [-0.1, -0.05) is 12.1 Å². The number of hydrogen-bond acceptors (Lipinski definition) is 3. The average molecular weight is 263 g/mol. The minimum Gasteiger partial charge on any atom is -0.478 e. The summed E-state index contributed by atoms with van der Waals surface area (Å²) in [6.07, 6.45) is 0.824. The van der Waals surface area contributed by atoms with Crippen LogP contribution in [0.3, 0.4) is 0 Å². The van der Waals surface area contributed by atoms with Gasteiger partial charge in [-0.15, -0.1) is 0 Å². The maximum Gasteiger partial charge on any atom is 0.335 e. The molecule has 1 saturated carbocycles. The van der Waals surface area contributed by atoms with E-state index in [0.717, 1.165) is 12.0 Å². The highest BCUT2D eigenvalue weighted by Crippen LogP contribution is 2.33. The number of aromatic carboxylic acids is 1. The molecular weight excluding hydrogens is 246 g/mol. The molecule has 1 aliphatic carbocycles. The number of carbonyl (C=O) groups is 2. The van der Waals surface area contributed by atoms with Crippen LogP contribution in [-0.2, 0) is 16.1 Å². The molecule has 0 bridgehead atoms. The van der Waals surface area contributed by atoms with Crippen molar-refractivity contribution in [3.63, 3.8) is 0 Å². The molecule has 2 rings (SSSR count). The molecule has 0 aliphatic heterocycles. The van der Waals surface area contributed by atoms with Gasteiger partial charge in [-0.25, -0.2) is 4.79 Å². The van der Waals surface area contributed by atoms with E-state index in [4.69, 9.17) is 9.84 Å². The molecule has 0 heterocycles. The Morgan fingerprint density at radius 3 is 2.95 bits per heavy atom. The van der Waals surface area contributed by atoms with E-state index in [1.165, 1.54) is 6.07 Å². The molecule has 0 spiro atoms. The van der Waals surface area contributed by atoms with Gasteiger partial charge >= 0.3 is 5.97 Å². The molecule has 19 heavy (non-hydrogen) atoms. The molecule has 1 aromatic rings. The number of nitrogens with one attached hydrogen (secondary N) is 1. The number of benzene rings is 1. The minimum atomic E-state index is -0.966. The van der Waals surface area contributed by atoms with E-state index in [2.05, 4.69) is 5.32 Å². The Balaban J connectivity index is 1.84. The summed E-state index contributed by atoms with van der Waals surface area (Å²) >= 11 is 0. The second-order valence-corrected chi connectivity index (χ2v) is 4.56. The Hall–Kier alpha value is -1.88. The van der Waals surface area contributed by atoms with Gasteiger partial charge in [-0.2, -0.15) is 0 Å². The summed E-state index contributed by atoms with van der Waals surface area (Å²) in [4.78, 5) is 22.6. The zero-order chi connectivity index (χ0) is 13.8. The van der Waals surface area contributed by atoms with Gasteiger partial charge in [0.1, 0.15) is 0 Å². The highest BCUT2D eigenvalue weighted by molar-refractivity contribution is 5.87. The molecule has 1 aliphatic rings. The maximum atomic E-state index is 11.8. The summed E-state index contributed by atoms with van der Waals surface area (Å²) in [6, 6.07) is 6.56. The Morgan fingerprint density at radius 2 is 2.26 bits per heavy atom. The second kappa shape index (κ2) is 5.84. The van der Waals surface area contributed by atoms with Crippen molar-refractivity contribution >= 4 is 11.9 Å². The standard InChI is InChI=1S/C14H17NO4/c1-2-19-12-7-11(12)13(16)15-8-9-4-3-5-10(6-9)14(17)18/h3-6,11-12H,2,7-8H2,1H3,(H,15,16)(H,17,18)/t11-,12-/m1/s1. The number of amides is 1. The first-order valence-corrected chi connectivity index (χ1v) is 6.33. The van der Waals surface area contributed by atoms with E-state index in [1.807, 2.05) is 6.92 Å². The van der Waals surface area contributed by atoms with E-state index in [-0.39, 0.29) is 23.5 Å². The monoisotopic (exact) mass is 263 g/mol. The quantitative estimate of drug-likeness (QED) is 0.814. The first-order valence-electron chi connectivity index (χ1n) is 6.33. The smallest absolute Gasteiger partial charge is 0.335 e. The Kier molecular flexibility index (Phi) is 4.16. The fourth-order valence-electron chi connectivity index (χ4n) is 1.98. The number of hydrogen-bond donors (Lipinski definition) is 2. The molecule has 2 N–H and O–H groups in total. The molecule has 5 heteroatoms. The lowest BCUT2D eigenvalue weighted by atomic mass is 10.1. The van der Waals surface area contributed by atoms with Crippen molar-refractivity contribution < 1.29 is 19.4 Å². The van der Waals surface area contributed by atoms with Gasteiger partial charge < -0.3 is 15.2 Å². The average Bonchev–Trinajstić information content (AvgIpc) is 3.16. The van der Waals surface area contributed by atoms with Gasteiger partial charge in [0.25, 0.3) is 0 Å². The van der Waals surface area contributed by atoms with Gasteiger partial charge in [0.05, 0.1) is 17.6 Å². The van der Waals surface area contributed by atoms with E-state index >= 15 is 0 Å². The van der Waals surface area contributed by atoms with Crippen LogP contribution in [0.1, 0.15) is 29.3 Å². The summed E-state index contributed by atoms with van der Waals surface area (Å²) in [6.45, 7) is 2.87. The predicted molar refractivity (Wildman–Crippen MR) is 68.8 cm³/mol. The van der Waals surface area contributed by atoms with Crippen LogP contribution in [0.5, 0.6) is 0 Å². The third-order valence-corrected chi connectivity index (χ3v) is 3.09. The summed E-state index contributed by atoms with van der Waals surface area (Å²) in [5, 5.41) is 11.7. The van der Waals surface area contributed by atoms with Crippen LogP contribution in [0.25, 0.3) is 0 Å². The topological polar surface area (TPSA) is 75.6 Å². The van der Waals surface area contributed by atoms with Crippen LogP contribution in [0.2, 0.25) is 0 Å². The largest absolute Gasteiger partial charge is 0.478 e. The van der Waals surface area contributed by atoms with Crippen molar-refractivity contribution in [3.8, 4) is 0 Å². The third kappa shape index (κ3) is 3.54. The van der Waals surface area contributed by atoms with Gasteiger partial charge in [-0.05, 0) is 31.0 Å². The first kappa shape index (κ1) is 13.5.